The largest absolute Gasteiger partial charge is 0.491 e. The summed E-state index contributed by atoms with van der Waals surface area (Å²) in [5, 5.41) is 12.8. The maximum Gasteiger partial charge on any atom is 0.121 e. The monoisotopic (exact) mass is 258 g/mol. The van der Waals surface area contributed by atoms with Crippen LogP contribution in [0.25, 0.3) is 0 Å². The lowest BCUT2D eigenvalue weighted by atomic mass is 10.1. The van der Waals surface area contributed by atoms with Gasteiger partial charge in [0.05, 0.1) is 12.2 Å². The Hall–Kier alpha value is -1.53. The predicted molar refractivity (Wildman–Crippen MR) is 76.0 cm³/mol. The van der Waals surface area contributed by atoms with E-state index in [2.05, 4.69) is 11.4 Å². The zero-order valence-electron chi connectivity index (χ0n) is 11.7. The van der Waals surface area contributed by atoms with Gasteiger partial charge in [0.1, 0.15) is 11.8 Å². The Morgan fingerprint density at radius 1 is 1.21 bits per heavy atom. The standard InChI is InChI=1S/C16H22N2O/c1-12(2)19-15-9-7-13(8-10-15)16(11-17)18-14-5-3-4-6-14/h7-10,12,14,16,18H,3-6H2,1-2H3. The Morgan fingerprint density at radius 3 is 2.37 bits per heavy atom. The third-order valence-electron chi connectivity index (χ3n) is 3.47. The summed E-state index contributed by atoms with van der Waals surface area (Å²) in [6.07, 6.45) is 5.10. The second kappa shape index (κ2) is 6.58. The molecule has 1 unspecified atom stereocenters. The molecule has 0 aliphatic heterocycles. The molecule has 19 heavy (non-hydrogen) atoms. The van der Waals surface area contributed by atoms with Crippen LogP contribution in [0.1, 0.15) is 51.1 Å². The van der Waals surface area contributed by atoms with Crippen LogP contribution in [0.3, 0.4) is 0 Å². The lowest BCUT2D eigenvalue weighted by Gasteiger charge is -2.18. The molecule has 1 atom stereocenters. The first kappa shape index (κ1) is 13.9. The molecule has 1 saturated carbocycles. The van der Waals surface area contributed by atoms with Crippen molar-refractivity contribution in [3.8, 4) is 11.8 Å². The van der Waals surface area contributed by atoms with E-state index in [1.165, 1.54) is 25.7 Å². The fraction of sp³-hybridized carbons (Fsp3) is 0.562. The van der Waals surface area contributed by atoms with E-state index in [4.69, 9.17) is 4.74 Å². The van der Waals surface area contributed by atoms with Gasteiger partial charge in [-0.05, 0) is 44.4 Å². The van der Waals surface area contributed by atoms with Crippen molar-refractivity contribution < 1.29 is 4.74 Å². The van der Waals surface area contributed by atoms with Crippen molar-refractivity contribution in [3.63, 3.8) is 0 Å². The quantitative estimate of drug-likeness (QED) is 0.878. The molecule has 1 fully saturated rings. The van der Waals surface area contributed by atoms with Gasteiger partial charge in [-0.1, -0.05) is 25.0 Å². The number of nitrogens with one attached hydrogen (secondary N) is 1. The summed E-state index contributed by atoms with van der Waals surface area (Å²) in [5.41, 5.74) is 1.02. The molecule has 1 aromatic carbocycles. The van der Waals surface area contributed by atoms with Crippen LogP contribution in [-0.2, 0) is 0 Å². The molecule has 0 spiro atoms. The van der Waals surface area contributed by atoms with Crippen LogP contribution in [0.15, 0.2) is 24.3 Å². The summed E-state index contributed by atoms with van der Waals surface area (Å²) in [4.78, 5) is 0. The number of nitrogens with zero attached hydrogens (tertiary/aromatic N) is 1. The maximum atomic E-state index is 9.31. The Morgan fingerprint density at radius 2 is 1.84 bits per heavy atom. The van der Waals surface area contributed by atoms with Crippen molar-refractivity contribution in [2.45, 2.75) is 57.7 Å². The fourth-order valence-electron chi connectivity index (χ4n) is 2.55. The van der Waals surface area contributed by atoms with Gasteiger partial charge in [-0.25, -0.2) is 0 Å². The average molecular weight is 258 g/mol. The molecule has 1 aliphatic rings. The average Bonchev–Trinajstić information content (AvgIpc) is 2.89. The lowest BCUT2D eigenvalue weighted by Crippen LogP contribution is -2.29. The summed E-state index contributed by atoms with van der Waals surface area (Å²) in [5.74, 6) is 0.858. The van der Waals surface area contributed by atoms with Crippen molar-refractivity contribution in [1.82, 2.24) is 5.32 Å². The fourth-order valence-corrected chi connectivity index (χ4v) is 2.55. The highest BCUT2D eigenvalue weighted by Crippen LogP contribution is 2.23. The topological polar surface area (TPSA) is 45.0 Å². The first-order chi connectivity index (χ1) is 9.19. The van der Waals surface area contributed by atoms with E-state index in [1.807, 2.05) is 38.1 Å². The van der Waals surface area contributed by atoms with Gasteiger partial charge in [-0.15, -0.1) is 0 Å². The highest BCUT2D eigenvalue weighted by Gasteiger charge is 2.19. The maximum absolute atomic E-state index is 9.31. The summed E-state index contributed by atoms with van der Waals surface area (Å²) >= 11 is 0. The molecule has 1 aromatic rings. The number of rotatable bonds is 5. The minimum Gasteiger partial charge on any atom is -0.491 e. The number of hydrogen-bond acceptors (Lipinski definition) is 3. The Kier molecular flexibility index (Phi) is 4.81. The first-order valence-corrected chi connectivity index (χ1v) is 7.11. The van der Waals surface area contributed by atoms with Crippen molar-refractivity contribution >= 4 is 0 Å². The molecule has 102 valence electrons. The molecule has 3 nitrogen and oxygen atoms in total. The van der Waals surface area contributed by atoms with Gasteiger partial charge in [0.2, 0.25) is 0 Å². The van der Waals surface area contributed by atoms with Gasteiger partial charge >= 0.3 is 0 Å². The second-order valence-electron chi connectivity index (χ2n) is 5.45. The van der Waals surface area contributed by atoms with Gasteiger partial charge in [0.15, 0.2) is 0 Å². The Labute approximate surface area is 115 Å². The van der Waals surface area contributed by atoms with Crippen molar-refractivity contribution in [3.05, 3.63) is 29.8 Å². The molecule has 1 aliphatic carbocycles. The van der Waals surface area contributed by atoms with Gasteiger partial charge in [-0.2, -0.15) is 5.26 Å². The van der Waals surface area contributed by atoms with E-state index in [0.29, 0.717) is 6.04 Å². The molecule has 0 heterocycles. The van der Waals surface area contributed by atoms with Crippen LogP contribution >= 0.6 is 0 Å². The predicted octanol–water partition coefficient (Wildman–Crippen LogP) is 3.57. The van der Waals surface area contributed by atoms with E-state index in [9.17, 15) is 5.26 Å². The Bertz CT molecular complexity index is 427. The zero-order valence-corrected chi connectivity index (χ0v) is 11.7. The summed E-state index contributed by atoms with van der Waals surface area (Å²) in [7, 11) is 0. The van der Waals surface area contributed by atoms with E-state index in [0.717, 1.165) is 11.3 Å². The zero-order chi connectivity index (χ0) is 13.7. The van der Waals surface area contributed by atoms with E-state index in [-0.39, 0.29) is 12.1 Å². The number of benzene rings is 1. The minimum atomic E-state index is -0.212. The number of hydrogen-bond donors (Lipinski definition) is 1. The molecule has 1 N–H and O–H groups in total. The van der Waals surface area contributed by atoms with Gasteiger partial charge < -0.3 is 4.74 Å². The first-order valence-electron chi connectivity index (χ1n) is 7.11. The van der Waals surface area contributed by atoms with Crippen LogP contribution in [0.2, 0.25) is 0 Å². The van der Waals surface area contributed by atoms with E-state index in [1.54, 1.807) is 0 Å². The van der Waals surface area contributed by atoms with Gasteiger partial charge in [-0.3, -0.25) is 5.32 Å². The molecule has 0 aromatic heterocycles. The second-order valence-corrected chi connectivity index (χ2v) is 5.45. The van der Waals surface area contributed by atoms with Crippen molar-refractivity contribution in [2.75, 3.05) is 0 Å². The van der Waals surface area contributed by atoms with Crippen LogP contribution < -0.4 is 10.1 Å². The molecular formula is C16H22N2O. The van der Waals surface area contributed by atoms with Crippen molar-refractivity contribution in [1.29, 1.82) is 5.26 Å². The SMILES string of the molecule is CC(C)Oc1ccc(C(C#N)NC2CCCC2)cc1. The van der Waals surface area contributed by atoms with Crippen LogP contribution in [0.4, 0.5) is 0 Å². The number of ether oxygens (including phenoxy) is 1. The lowest BCUT2D eigenvalue weighted by molar-refractivity contribution is 0.242. The molecule has 0 saturated heterocycles. The highest BCUT2D eigenvalue weighted by molar-refractivity contribution is 5.31. The molecular weight excluding hydrogens is 236 g/mol. The summed E-state index contributed by atoms with van der Waals surface area (Å²) in [6.45, 7) is 4.02. The van der Waals surface area contributed by atoms with Gasteiger partial charge in [0, 0.05) is 6.04 Å². The Balaban J connectivity index is 2.00. The molecule has 2 rings (SSSR count). The number of nitriles is 1. The van der Waals surface area contributed by atoms with E-state index < -0.39 is 0 Å². The third kappa shape index (κ3) is 3.97. The molecule has 0 radical (unpaired) electrons. The normalized spacial score (nSPS) is 17.4. The van der Waals surface area contributed by atoms with Gasteiger partial charge in [0.25, 0.3) is 0 Å². The van der Waals surface area contributed by atoms with E-state index >= 15 is 0 Å². The third-order valence-corrected chi connectivity index (χ3v) is 3.47. The molecule has 0 bridgehead atoms. The smallest absolute Gasteiger partial charge is 0.121 e. The molecule has 0 amide bonds. The minimum absolute atomic E-state index is 0.175. The van der Waals surface area contributed by atoms with Crippen LogP contribution in [0.5, 0.6) is 5.75 Å². The summed E-state index contributed by atoms with van der Waals surface area (Å²) < 4.78 is 5.61. The van der Waals surface area contributed by atoms with Crippen LogP contribution in [0, 0.1) is 11.3 Å². The summed E-state index contributed by atoms with van der Waals surface area (Å²) in [6, 6.07) is 10.5. The molecule has 3 heteroatoms. The van der Waals surface area contributed by atoms with Crippen LogP contribution in [-0.4, -0.2) is 12.1 Å². The van der Waals surface area contributed by atoms with Crippen molar-refractivity contribution in [2.24, 2.45) is 0 Å². The highest BCUT2D eigenvalue weighted by atomic mass is 16.5.